The first-order valence-corrected chi connectivity index (χ1v) is 10.6. The summed E-state index contributed by atoms with van der Waals surface area (Å²) in [5.41, 5.74) is -0.323. The Labute approximate surface area is 186 Å². The summed E-state index contributed by atoms with van der Waals surface area (Å²) in [6.07, 6.45) is 3.04. The zero-order valence-corrected chi connectivity index (χ0v) is 17.3. The van der Waals surface area contributed by atoms with Crippen LogP contribution in [0.5, 0.6) is 0 Å². The molecule has 4 heterocycles. The number of hydrogen-bond acceptors (Lipinski definition) is 5. The predicted molar refractivity (Wildman–Crippen MR) is 109 cm³/mol. The van der Waals surface area contributed by atoms with E-state index in [4.69, 9.17) is 0 Å². The minimum Gasteiger partial charge on any atom is -0.332 e. The summed E-state index contributed by atoms with van der Waals surface area (Å²) in [4.78, 5) is 31.0. The lowest BCUT2D eigenvalue weighted by Gasteiger charge is -2.25. The summed E-state index contributed by atoms with van der Waals surface area (Å²) >= 11 is 0. The van der Waals surface area contributed by atoms with Crippen LogP contribution >= 0.6 is 0 Å². The van der Waals surface area contributed by atoms with Gasteiger partial charge < -0.3 is 4.90 Å². The van der Waals surface area contributed by atoms with Crippen LogP contribution in [0.1, 0.15) is 41.0 Å². The van der Waals surface area contributed by atoms with Gasteiger partial charge in [-0.05, 0) is 43.7 Å². The monoisotopic (exact) mass is 457 g/mol. The van der Waals surface area contributed by atoms with Gasteiger partial charge in [-0.1, -0.05) is 12.1 Å². The van der Waals surface area contributed by atoms with Crippen LogP contribution in [-0.2, 0) is 12.6 Å². The molecule has 6 nitrogen and oxygen atoms in total. The maximum Gasteiger partial charge on any atom is 0.434 e. The van der Waals surface area contributed by atoms with Crippen molar-refractivity contribution >= 4 is 5.91 Å². The van der Waals surface area contributed by atoms with E-state index in [0.29, 0.717) is 24.1 Å². The van der Waals surface area contributed by atoms with E-state index in [0.717, 1.165) is 25.2 Å². The highest BCUT2D eigenvalue weighted by molar-refractivity contribution is 6.01. The standard InChI is InChI=1S/C23H19F4N5O/c24-17-4-1-3-16(21-28-7-2-8-29-21)20(17)22(33)32-15-5-6-18(32)13(10-15)9-14-11-31-19(12-30-14)23(25,26)27/h1-4,7-8,11-13,15,18H,5-6,9-10H2. The van der Waals surface area contributed by atoms with Crippen molar-refractivity contribution < 1.29 is 22.4 Å². The smallest absolute Gasteiger partial charge is 0.332 e. The van der Waals surface area contributed by atoms with Gasteiger partial charge in [0.1, 0.15) is 5.82 Å². The molecule has 0 saturated carbocycles. The Bertz CT molecular complexity index is 1170. The maximum atomic E-state index is 14.9. The van der Waals surface area contributed by atoms with Gasteiger partial charge in [0.25, 0.3) is 5.91 Å². The molecule has 2 aliphatic heterocycles. The summed E-state index contributed by atoms with van der Waals surface area (Å²) in [6, 6.07) is 5.82. The number of benzene rings is 1. The van der Waals surface area contributed by atoms with Crippen LogP contribution in [0.25, 0.3) is 11.4 Å². The second-order valence-corrected chi connectivity index (χ2v) is 8.34. The lowest BCUT2D eigenvalue weighted by molar-refractivity contribution is -0.141. The minimum absolute atomic E-state index is 0.0157. The molecule has 2 fully saturated rings. The molecule has 5 rings (SSSR count). The normalized spacial score (nSPS) is 22.1. The van der Waals surface area contributed by atoms with Gasteiger partial charge in [-0.15, -0.1) is 0 Å². The van der Waals surface area contributed by atoms with Crippen molar-refractivity contribution in [3.63, 3.8) is 0 Å². The third-order valence-corrected chi connectivity index (χ3v) is 6.40. The lowest BCUT2D eigenvalue weighted by Crippen LogP contribution is -2.37. The number of fused-ring (bicyclic) bond motifs is 2. The fourth-order valence-electron chi connectivity index (χ4n) is 5.02. The summed E-state index contributed by atoms with van der Waals surface area (Å²) in [7, 11) is 0. The van der Waals surface area contributed by atoms with Gasteiger partial charge in [-0.3, -0.25) is 9.78 Å². The third kappa shape index (κ3) is 3.94. The SMILES string of the molecule is O=C(c1c(F)cccc1-c1ncccn1)N1C2CCC1C(Cc1cnc(C(F)(F)F)cn1)C2. The second kappa shape index (κ2) is 8.17. The quantitative estimate of drug-likeness (QED) is 0.546. The molecule has 3 unspecified atom stereocenters. The molecule has 2 bridgehead atoms. The van der Waals surface area contributed by atoms with Crippen LogP contribution in [0.3, 0.4) is 0 Å². The van der Waals surface area contributed by atoms with Gasteiger partial charge in [0.15, 0.2) is 11.5 Å². The highest BCUT2D eigenvalue weighted by atomic mass is 19.4. The molecule has 0 spiro atoms. The third-order valence-electron chi connectivity index (χ3n) is 6.40. The summed E-state index contributed by atoms with van der Waals surface area (Å²) in [6.45, 7) is 0. The Hall–Kier alpha value is -3.43. The summed E-state index contributed by atoms with van der Waals surface area (Å²) in [5.74, 6) is -0.768. The van der Waals surface area contributed by atoms with Crippen LogP contribution < -0.4 is 0 Å². The summed E-state index contributed by atoms with van der Waals surface area (Å²) < 4.78 is 53.1. The second-order valence-electron chi connectivity index (χ2n) is 8.34. The van der Waals surface area contributed by atoms with E-state index in [1.54, 1.807) is 17.0 Å². The first-order chi connectivity index (χ1) is 15.8. The fourth-order valence-corrected chi connectivity index (χ4v) is 5.02. The first kappa shape index (κ1) is 21.4. The average Bonchev–Trinajstić information content (AvgIpc) is 3.37. The largest absolute Gasteiger partial charge is 0.434 e. The highest BCUT2D eigenvalue weighted by Crippen LogP contribution is 2.44. The van der Waals surface area contributed by atoms with Gasteiger partial charge >= 0.3 is 6.18 Å². The number of halogens is 4. The molecule has 1 aromatic carbocycles. The van der Waals surface area contributed by atoms with Gasteiger partial charge in [-0.25, -0.2) is 19.3 Å². The number of rotatable bonds is 4. The molecule has 170 valence electrons. The molecule has 3 aromatic rings. The lowest BCUT2D eigenvalue weighted by atomic mass is 9.86. The van der Waals surface area contributed by atoms with Crippen molar-refractivity contribution in [3.8, 4) is 11.4 Å². The van der Waals surface area contributed by atoms with Crippen molar-refractivity contribution in [2.75, 3.05) is 0 Å². The number of carbonyl (C=O) groups excluding carboxylic acids is 1. The van der Waals surface area contributed by atoms with Crippen LogP contribution in [0, 0.1) is 11.7 Å². The van der Waals surface area contributed by atoms with Gasteiger partial charge in [0.2, 0.25) is 0 Å². The molecule has 0 radical (unpaired) electrons. The van der Waals surface area contributed by atoms with Crippen molar-refractivity contribution in [1.29, 1.82) is 0 Å². The molecule has 2 aliphatic rings. The van der Waals surface area contributed by atoms with Crippen molar-refractivity contribution in [3.05, 3.63) is 71.8 Å². The molecular formula is C23H19F4N5O. The van der Waals surface area contributed by atoms with E-state index < -0.39 is 23.6 Å². The van der Waals surface area contributed by atoms with Crippen LogP contribution in [0.15, 0.2) is 49.1 Å². The number of aromatic nitrogens is 4. The van der Waals surface area contributed by atoms with E-state index in [2.05, 4.69) is 19.9 Å². The molecule has 0 N–H and O–H groups in total. The molecule has 10 heteroatoms. The van der Waals surface area contributed by atoms with Crippen LogP contribution in [0.4, 0.5) is 17.6 Å². The average molecular weight is 457 g/mol. The van der Waals surface area contributed by atoms with E-state index in [1.807, 2.05) is 0 Å². The Morgan fingerprint density at radius 3 is 2.52 bits per heavy atom. The Morgan fingerprint density at radius 1 is 1.03 bits per heavy atom. The number of amides is 1. The van der Waals surface area contributed by atoms with Gasteiger partial charge in [0, 0.05) is 36.2 Å². The summed E-state index contributed by atoms with van der Waals surface area (Å²) in [5, 5.41) is 0. The van der Waals surface area contributed by atoms with E-state index in [-0.39, 0.29) is 29.4 Å². The molecule has 0 aliphatic carbocycles. The fraction of sp³-hybridized carbons (Fsp3) is 0.348. The topological polar surface area (TPSA) is 71.9 Å². The Morgan fingerprint density at radius 2 is 1.82 bits per heavy atom. The molecule has 33 heavy (non-hydrogen) atoms. The van der Waals surface area contributed by atoms with Crippen molar-refractivity contribution in [2.24, 2.45) is 5.92 Å². The molecule has 2 aromatic heterocycles. The van der Waals surface area contributed by atoms with Crippen LogP contribution in [-0.4, -0.2) is 42.8 Å². The van der Waals surface area contributed by atoms with Crippen molar-refractivity contribution in [1.82, 2.24) is 24.8 Å². The minimum atomic E-state index is -4.54. The van der Waals surface area contributed by atoms with E-state index >= 15 is 0 Å². The predicted octanol–water partition coefficient (Wildman–Crippen LogP) is 4.33. The highest BCUT2D eigenvalue weighted by Gasteiger charge is 2.49. The van der Waals surface area contributed by atoms with Gasteiger partial charge in [0.05, 0.1) is 17.5 Å². The number of hydrogen-bond donors (Lipinski definition) is 0. The van der Waals surface area contributed by atoms with E-state index in [1.165, 1.54) is 24.5 Å². The van der Waals surface area contributed by atoms with E-state index in [9.17, 15) is 22.4 Å². The van der Waals surface area contributed by atoms with Crippen LogP contribution in [0.2, 0.25) is 0 Å². The first-order valence-electron chi connectivity index (χ1n) is 10.6. The number of carbonyl (C=O) groups is 1. The van der Waals surface area contributed by atoms with Gasteiger partial charge in [-0.2, -0.15) is 13.2 Å². The molecule has 1 amide bonds. The zero-order valence-electron chi connectivity index (χ0n) is 17.3. The number of alkyl halides is 3. The molecule has 3 atom stereocenters. The molecular weight excluding hydrogens is 438 g/mol. The zero-order chi connectivity index (χ0) is 23.2. The number of nitrogens with zero attached hydrogens (tertiary/aromatic N) is 5. The Kier molecular flexibility index (Phi) is 5.30. The molecule has 2 saturated heterocycles. The Balaban J connectivity index is 1.39. The van der Waals surface area contributed by atoms with Crippen molar-refractivity contribution in [2.45, 2.75) is 43.9 Å². The maximum absolute atomic E-state index is 14.9.